The third-order valence-corrected chi connectivity index (χ3v) is 2.62. The zero-order valence-corrected chi connectivity index (χ0v) is 12.6. The number of carbonyl (C=O) groups is 3. The van der Waals surface area contributed by atoms with E-state index in [9.17, 15) is 14.4 Å². The van der Waals surface area contributed by atoms with Crippen LogP contribution in [0.25, 0.3) is 0 Å². The zero-order chi connectivity index (χ0) is 16.8. The van der Waals surface area contributed by atoms with Gasteiger partial charge in [0.2, 0.25) is 0 Å². The molecule has 1 aromatic heterocycles. The van der Waals surface area contributed by atoms with Gasteiger partial charge in [-0.25, -0.2) is 9.32 Å². The van der Waals surface area contributed by atoms with Crippen LogP contribution in [-0.4, -0.2) is 24.5 Å². The fraction of sp³-hybridized carbons (Fsp3) is 0.200. The predicted octanol–water partition coefficient (Wildman–Crippen LogP) is 0.728. The second kappa shape index (κ2) is 7.21. The first-order chi connectivity index (χ1) is 11.0. The second-order valence-electron chi connectivity index (χ2n) is 4.54. The maximum absolute atomic E-state index is 12.0. The summed E-state index contributed by atoms with van der Waals surface area (Å²) in [5.41, 5.74) is 2.42. The number of ether oxygens (including phenoxy) is 2. The molecule has 0 unspecified atom stereocenters. The predicted molar refractivity (Wildman–Crippen MR) is 76.0 cm³/mol. The van der Waals surface area contributed by atoms with Gasteiger partial charge in [0.25, 0.3) is 6.20 Å². The molecule has 23 heavy (non-hydrogen) atoms. The maximum atomic E-state index is 12.0. The Morgan fingerprint density at radius 3 is 2.61 bits per heavy atom. The summed E-state index contributed by atoms with van der Waals surface area (Å²) in [6.07, 6.45) is 1.51. The minimum Gasteiger partial charge on any atom is -0.452 e. The molecule has 1 amide bonds. The first kappa shape index (κ1) is 16.2. The minimum atomic E-state index is -0.780. The van der Waals surface area contributed by atoms with Crippen LogP contribution in [0, 0.1) is 6.92 Å². The molecular formula is C15H15N2O6+. The van der Waals surface area contributed by atoms with Crippen molar-refractivity contribution in [1.29, 1.82) is 0 Å². The van der Waals surface area contributed by atoms with E-state index in [1.165, 1.54) is 25.3 Å². The van der Waals surface area contributed by atoms with Crippen LogP contribution in [0.3, 0.4) is 0 Å². The third kappa shape index (κ3) is 4.67. The number of benzene rings is 1. The number of aromatic nitrogens is 1. The first-order valence-electron chi connectivity index (χ1n) is 6.68. The standard InChI is InChI=1S/C15H14N2O6/c1-10-7-8-17(23-10)16-14(19)9-21-15(20)12-5-3-4-6-13(12)22-11(2)18/h3-8H,9H2,1-2H3/p+1. The molecule has 0 spiro atoms. The molecule has 1 heterocycles. The molecule has 0 saturated carbocycles. The summed E-state index contributed by atoms with van der Waals surface area (Å²) in [5, 5.41) is 0. The zero-order valence-electron chi connectivity index (χ0n) is 12.6. The van der Waals surface area contributed by atoms with Crippen molar-refractivity contribution in [3.05, 3.63) is 47.9 Å². The highest BCUT2D eigenvalue weighted by Gasteiger charge is 2.18. The number of esters is 2. The topological polar surface area (TPSA) is 98.7 Å². The van der Waals surface area contributed by atoms with Crippen LogP contribution in [0.15, 0.2) is 41.1 Å². The van der Waals surface area contributed by atoms with Crippen molar-refractivity contribution in [3.63, 3.8) is 0 Å². The van der Waals surface area contributed by atoms with Crippen molar-refractivity contribution in [1.82, 2.24) is 0 Å². The Labute approximate surface area is 131 Å². The summed E-state index contributed by atoms with van der Waals surface area (Å²) in [7, 11) is 0. The Morgan fingerprint density at radius 1 is 1.22 bits per heavy atom. The number of amides is 1. The lowest BCUT2D eigenvalue weighted by atomic mass is 10.2. The van der Waals surface area contributed by atoms with E-state index in [0.29, 0.717) is 5.76 Å². The molecule has 0 aliphatic rings. The van der Waals surface area contributed by atoms with Crippen molar-refractivity contribution in [2.75, 3.05) is 12.0 Å². The molecule has 0 aliphatic heterocycles. The van der Waals surface area contributed by atoms with Crippen LogP contribution < -0.4 is 15.0 Å². The lowest BCUT2D eigenvalue weighted by Crippen LogP contribution is -2.47. The van der Waals surface area contributed by atoms with Crippen molar-refractivity contribution >= 4 is 17.8 Å². The third-order valence-electron chi connectivity index (χ3n) is 2.62. The van der Waals surface area contributed by atoms with E-state index in [1.54, 1.807) is 25.1 Å². The number of nitrogens with one attached hydrogen (secondary N) is 1. The molecule has 8 heteroatoms. The molecule has 0 saturated heterocycles. The quantitative estimate of drug-likeness (QED) is 0.495. The summed E-state index contributed by atoms with van der Waals surface area (Å²) in [4.78, 5) is 35.8. The van der Waals surface area contributed by atoms with Crippen molar-refractivity contribution < 1.29 is 33.2 Å². The maximum Gasteiger partial charge on any atom is 0.342 e. The van der Waals surface area contributed by atoms with E-state index < -0.39 is 24.5 Å². The number of aryl methyl sites for hydroxylation is 1. The largest absolute Gasteiger partial charge is 0.452 e. The molecule has 2 aromatic rings. The Hall–Kier alpha value is -3.16. The van der Waals surface area contributed by atoms with Gasteiger partial charge in [-0.2, -0.15) is 0 Å². The summed E-state index contributed by atoms with van der Waals surface area (Å²) in [5.74, 6) is -1.24. The van der Waals surface area contributed by atoms with Crippen LogP contribution in [0.1, 0.15) is 23.0 Å². The van der Waals surface area contributed by atoms with Gasteiger partial charge in [0, 0.05) is 13.8 Å². The van der Waals surface area contributed by atoms with Crippen LogP contribution in [0.4, 0.5) is 0 Å². The van der Waals surface area contributed by atoms with Crippen LogP contribution in [-0.2, 0) is 14.3 Å². The highest BCUT2D eigenvalue weighted by Crippen LogP contribution is 2.19. The van der Waals surface area contributed by atoms with Gasteiger partial charge in [0.1, 0.15) is 16.2 Å². The molecule has 8 nitrogen and oxygen atoms in total. The second-order valence-corrected chi connectivity index (χ2v) is 4.54. The van der Waals surface area contributed by atoms with Gasteiger partial charge >= 0.3 is 17.8 Å². The van der Waals surface area contributed by atoms with Gasteiger partial charge in [-0.15, -0.1) is 0 Å². The van der Waals surface area contributed by atoms with E-state index in [1.807, 2.05) is 0 Å². The molecule has 2 rings (SSSR count). The summed E-state index contributed by atoms with van der Waals surface area (Å²) in [6, 6.07) is 7.74. The van der Waals surface area contributed by atoms with E-state index in [-0.39, 0.29) is 11.3 Å². The molecule has 0 radical (unpaired) electrons. The highest BCUT2D eigenvalue weighted by molar-refractivity contribution is 5.95. The number of carbonyl (C=O) groups excluding carboxylic acids is 3. The molecule has 0 atom stereocenters. The van der Waals surface area contributed by atoms with Gasteiger partial charge in [-0.1, -0.05) is 17.6 Å². The molecular weight excluding hydrogens is 304 g/mol. The Bertz CT molecular complexity index is 737. The number of para-hydroxylation sites is 1. The van der Waals surface area contributed by atoms with Gasteiger partial charge in [0.05, 0.1) is 6.07 Å². The summed E-state index contributed by atoms with van der Waals surface area (Å²) >= 11 is 0. The van der Waals surface area contributed by atoms with Crippen LogP contribution in [0.2, 0.25) is 0 Å². The average molecular weight is 319 g/mol. The van der Waals surface area contributed by atoms with Gasteiger partial charge in [0.15, 0.2) is 12.4 Å². The van der Waals surface area contributed by atoms with Crippen molar-refractivity contribution in [2.45, 2.75) is 13.8 Å². The van der Waals surface area contributed by atoms with Gasteiger partial charge in [-0.05, 0) is 12.1 Å². The number of rotatable bonds is 5. The van der Waals surface area contributed by atoms with Crippen molar-refractivity contribution in [3.8, 4) is 5.75 Å². The molecule has 0 fully saturated rings. The first-order valence-corrected chi connectivity index (χ1v) is 6.68. The van der Waals surface area contributed by atoms with Crippen LogP contribution in [0.5, 0.6) is 5.75 Å². The summed E-state index contributed by atoms with van der Waals surface area (Å²) in [6.45, 7) is 2.42. The fourth-order valence-corrected chi connectivity index (χ4v) is 1.69. The highest BCUT2D eigenvalue weighted by atomic mass is 16.6. The van der Waals surface area contributed by atoms with Crippen LogP contribution >= 0.6 is 0 Å². The summed E-state index contributed by atoms with van der Waals surface area (Å²) < 4.78 is 14.9. The van der Waals surface area contributed by atoms with E-state index >= 15 is 0 Å². The smallest absolute Gasteiger partial charge is 0.342 e. The number of nitrogens with zero attached hydrogens (tertiary/aromatic N) is 1. The molecule has 1 N–H and O–H groups in total. The lowest BCUT2D eigenvalue weighted by molar-refractivity contribution is -0.821. The Balaban J connectivity index is 1.94. The SMILES string of the molecule is CC(=O)Oc1ccccc1C(=O)OCC(=O)N[n+]1ccc(C)o1. The molecule has 1 aromatic carbocycles. The fourth-order valence-electron chi connectivity index (χ4n) is 1.69. The minimum absolute atomic E-state index is 0.0528. The number of hydrogen-bond donors (Lipinski definition) is 1. The van der Waals surface area contributed by atoms with E-state index in [0.717, 1.165) is 4.85 Å². The monoisotopic (exact) mass is 319 g/mol. The normalized spacial score (nSPS) is 10.0. The lowest BCUT2D eigenvalue weighted by Gasteiger charge is -2.07. The molecule has 0 bridgehead atoms. The molecule has 0 aliphatic carbocycles. The number of hydrogen-bond acceptors (Lipinski definition) is 6. The van der Waals surface area contributed by atoms with Gasteiger partial charge < -0.3 is 9.47 Å². The average Bonchev–Trinajstić information content (AvgIpc) is 2.90. The van der Waals surface area contributed by atoms with E-state index in [4.69, 9.17) is 14.0 Å². The van der Waals surface area contributed by atoms with E-state index in [2.05, 4.69) is 5.43 Å². The van der Waals surface area contributed by atoms with Gasteiger partial charge in [-0.3, -0.25) is 9.59 Å². The molecule has 120 valence electrons. The Kier molecular flexibility index (Phi) is 5.08. The van der Waals surface area contributed by atoms with Crippen molar-refractivity contribution in [2.24, 2.45) is 0 Å². The Morgan fingerprint density at radius 2 is 1.96 bits per heavy atom.